The van der Waals surface area contributed by atoms with E-state index in [2.05, 4.69) is 0 Å². The van der Waals surface area contributed by atoms with Crippen LogP contribution in [0.5, 0.6) is 0 Å². The number of hydrogen-bond acceptors (Lipinski definition) is 3. The average Bonchev–Trinajstić information content (AvgIpc) is 1.35. The molecule has 0 amide bonds. The van der Waals surface area contributed by atoms with Gasteiger partial charge >= 0.3 is 0 Å². The maximum absolute atomic E-state index is 9.44. The van der Waals surface area contributed by atoms with Gasteiger partial charge in [-0.25, -0.2) is 8.42 Å². The summed E-state index contributed by atoms with van der Waals surface area (Å²) in [6.07, 6.45) is 0. The lowest BCUT2D eigenvalue weighted by atomic mass is 11.0. The molecule has 7 heavy (non-hydrogen) atoms. The van der Waals surface area contributed by atoms with Crippen LogP contribution in [0.15, 0.2) is 0 Å². The van der Waals surface area contributed by atoms with Gasteiger partial charge in [0.1, 0.15) is 0 Å². The van der Waals surface area contributed by atoms with E-state index in [4.69, 9.17) is 0 Å². The van der Waals surface area contributed by atoms with Gasteiger partial charge in [0.05, 0.1) is 10.1 Å². The van der Waals surface area contributed by atoms with Crippen LogP contribution in [0.1, 0.15) is 14.4 Å². The van der Waals surface area contributed by atoms with Gasteiger partial charge in [0.2, 0.25) is 0 Å². The third kappa shape index (κ3) is 10.7. The Morgan fingerprint density at radius 3 is 1.71 bits per heavy atom. The molecule has 0 aliphatic rings. The zero-order valence-corrected chi connectivity index (χ0v) is 4.16. The van der Waals surface area contributed by atoms with Crippen LogP contribution in [-0.2, 0) is 10.1 Å². The summed E-state index contributed by atoms with van der Waals surface area (Å²) in [5, 5.41) is 0. The van der Waals surface area contributed by atoms with E-state index in [9.17, 15) is 13.0 Å². The molecule has 0 bridgehead atoms. The Kier molecular flexibility index (Phi) is 4.27. The molecule has 0 rings (SSSR count). The van der Waals surface area contributed by atoms with Crippen LogP contribution in [0.2, 0.25) is 0 Å². The lowest BCUT2D eigenvalue weighted by molar-refractivity contribution is 0.464. The summed E-state index contributed by atoms with van der Waals surface area (Å²) in [6.45, 7) is 1.31. The minimum atomic E-state index is -3.91. The van der Waals surface area contributed by atoms with Crippen molar-refractivity contribution in [2.75, 3.05) is 5.75 Å². The molecule has 0 fully saturated rings. The fourth-order valence-corrected chi connectivity index (χ4v) is 0. The molecule has 0 aromatic carbocycles. The highest BCUT2D eigenvalue weighted by Crippen LogP contribution is 1.73. The van der Waals surface area contributed by atoms with Crippen LogP contribution < -0.4 is 0 Å². The molecule has 0 spiro atoms. The van der Waals surface area contributed by atoms with Crippen LogP contribution in [0.3, 0.4) is 0 Å². The van der Waals surface area contributed by atoms with Gasteiger partial charge in [0, 0.05) is 5.75 Å². The van der Waals surface area contributed by atoms with Gasteiger partial charge in [0.15, 0.2) is 0 Å². The van der Waals surface area contributed by atoms with Crippen LogP contribution in [0, 0.1) is 0 Å². The van der Waals surface area contributed by atoms with Gasteiger partial charge in [-0.15, -0.1) is 0 Å². The first-order valence-electron chi connectivity index (χ1n) is 1.50. The molecule has 0 saturated carbocycles. The monoisotopic (exact) mass is 125 g/mol. The highest BCUT2D eigenvalue weighted by Gasteiger charge is 1.80. The standard InChI is InChI=1S/C2H6O3S.CH4/c1-2-6(3,4)5;/h2H2,1H3,(H,3,4,5);1H4/p-1. The summed E-state index contributed by atoms with van der Waals surface area (Å²) in [5.41, 5.74) is 0. The van der Waals surface area contributed by atoms with Gasteiger partial charge in [-0.1, -0.05) is 14.4 Å². The van der Waals surface area contributed by atoms with E-state index in [-0.39, 0.29) is 13.2 Å². The lowest BCUT2D eigenvalue weighted by Crippen LogP contribution is -1.98. The molecule has 0 radical (unpaired) electrons. The molecule has 0 aromatic rings. The molecule has 4 heteroatoms. The minimum Gasteiger partial charge on any atom is -0.748 e. The number of hydrogen-bond donors (Lipinski definition) is 0. The van der Waals surface area contributed by atoms with Crippen molar-refractivity contribution in [1.29, 1.82) is 0 Å². The molecule has 0 aliphatic heterocycles. The molecule has 0 aromatic heterocycles. The highest BCUT2D eigenvalue weighted by atomic mass is 32.2. The Hall–Kier alpha value is -0.0900. The second-order valence-corrected chi connectivity index (χ2v) is 2.54. The Bertz CT molecular complexity index is 112. The van der Waals surface area contributed by atoms with Crippen molar-refractivity contribution < 1.29 is 13.0 Å². The van der Waals surface area contributed by atoms with Gasteiger partial charge < -0.3 is 4.55 Å². The van der Waals surface area contributed by atoms with Crippen molar-refractivity contribution in [3.63, 3.8) is 0 Å². The predicted molar refractivity (Wildman–Crippen MR) is 27.0 cm³/mol. The van der Waals surface area contributed by atoms with E-state index < -0.39 is 10.1 Å². The summed E-state index contributed by atoms with van der Waals surface area (Å²) in [5.74, 6) is -0.312. The highest BCUT2D eigenvalue weighted by molar-refractivity contribution is 7.85. The fraction of sp³-hybridized carbons (Fsp3) is 1.00. The van der Waals surface area contributed by atoms with Crippen LogP contribution in [-0.4, -0.2) is 18.7 Å². The molecule has 0 heterocycles. The van der Waals surface area contributed by atoms with E-state index in [0.717, 1.165) is 0 Å². The second-order valence-electron chi connectivity index (χ2n) is 0.846. The average molecular weight is 125 g/mol. The molecule has 0 saturated heterocycles. The Labute approximate surface area is 44.1 Å². The van der Waals surface area contributed by atoms with Crippen LogP contribution in [0.25, 0.3) is 0 Å². The summed E-state index contributed by atoms with van der Waals surface area (Å²) < 4.78 is 28.3. The van der Waals surface area contributed by atoms with Crippen molar-refractivity contribution >= 4 is 10.1 Å². The predicted octanol–water partition coefficient (Wildman–Crippen LogP) is 0.188. The summed E-state index contributed by atoms with van der Waals surface area (Å²) in [4.78, 5) is 0. The second kappa shape index (κ2) is 2.98. The van der Waals surface area contributed by atoms with E-state index in [1.165, 1.54) is 6.92 Å². The molecule has 0 atom stereocenters. The van der Waals surface area contributed by atoms with E-state index in [0.29, 0.717) is 0 Å². The maximum atomic E-state index is 9.44. The van der Waals surface area contributed by atoms with Crippen molar-refractivity contribution in [2.24, 2.45) is 0 Å². The minimum absolute atomic E-state index is 0. The normalized spacial score (nSPS) is 10.0. The molecule has 0 aliphatic carbocycles. The first-order valence-corrected chi connectivity index (χ1v) is 3.07. The molecular weight excluding hydrogens is 116 g/mol. The van der Waals surface area contributed by atoms with Crippen molar-refractivity contribution in [2.45, 2.75) is 14.4 Å². The van der Waals surface area contributed by atoms with E-state index in [1.807, 2.05) is 0 Å². The van der Waals surface area contributed by atoms with E-state index >= 15 is 0 Å². The summed E-state index contributed by atoms with van der Waals surface area (Å²) >= 11 is 0. The summed E-state index contributed by atoms with van der Waals surface area (Å²) in [6, 6.07) is 0. The van der Waals surface area contributed by atoms with E-state index in [1.54, 1.807) is 0 Å². The largest absolute Gasteiger partial charge is 0.748 e. The zero-order chi connectivity index (χ0) is 5.21. The topological polar surface area (TPSA) is 57.2 Å². The maximum Gasteiger partial charge on any atom is 0.0943 e. The summed E-state index contributed by atoms with van der Waals surface area (Å²) in [7, 11) is -3.91. The number of rotatable bonds is 1. The molecule has 0 N–H and O–H groups in total. The SMILES string of the molecule is C.CCS(=O)(=O)[O-]. The molecule has 0 unspecified atom stereocenters. The van der Waals surface area contributed by atoms with Crippen molar-refractivity contribution in [3.8, 4) is 0 Å². The molecule has 3 nitrogen and oxygen atoms in total. The van der Waals surface area contributed by atoms with Crippen LogP contribution in [0.4, 0.5) is 0 Å². The van der Waals surface area contributed by atoms with Crippen LogP contribution >= 0.6 is 0 Å². The zero-order valence-electron chi connectivity index (χ0n) is 3.34. The first kappa shape index (κ1) is 10.0. The Morgan fingerprint density at radius 1 is 1.57 bits per heavy atom. The Balaban J connectivity index is 0. The molecular formula is C3H9O3S-. The fourth-order valence-electron chi connectivity index (χ4n) is 0. The molecule has 46 valence electrons. The van der Waals surface area contributed by atoms with Gasteiger partial charge in [-0.2, -0.15) is 0 Å². The Morgan fingerprint density at radius 2 is 1.71 bits per heavy atom. The van der Waals surface area contributed by atoms with Gasteiger partial charge in [-0.3, -0.25) is 0 Å². The van der Waals surface area contributed by atoms with Gasteiger partial charge in [-0.05, 0) is 0 Å². The van der Waals surface area contributed by atoms with Crippen molar-refractivity contribution in [3.05, 3.63) is 0 Å². The van der Waals surface area contributed by atoms with Gasteiger partial charge in [0.25, 0.3) is 0 Å². The lowest BCUT2D eigenvalue weighted by Gasteiger charge is -1.97. The quantitative estimate of drug-likeness (QED) is 0.470. The first-order chi connectivity index (χ1) is 2.56. The third-order valence-corrected chi connectivity index (χ3v) is 1.06. The van der Waals surface area contributed by atoms with Crippen molar-refractivity contribution in [1.82, 2.24) is 0 Å². The third-order valence-electron chi connectivity index (χ3n) is 0.354. The smallest absolute Gasteiger partial charge is 0.0943 e.